The largest absolute Gasteiger partial charge is 0.360 e. The van der Waals surface area contributed by atoms with Gasteiger partial charge in [-0.25, -0.2) is 0 Å². The number of rotatable bonds is 4. The molecule has 7 heteroatoms. The van der Waals surface area contributed by atoms with E-state index in [-0.39, 0.29) is 23.7 Å². The average Bonchev–Trinajstić information content (AvgIpc) is 3.17. The van der Waals surface area contributed by atoms with Gasteiger partial charge in [0.15, 0.2) is 5.82 Å². The molecule has 2 aromatic rings. The minimum atomic E-state index is -0.316. The molecule has 1 aliphatic carbocycles. The molecular formula is C15H14BrN3O3. The summed E-state index contributed by atoms with van der Waals surface area (Å²) in [6, 6.07) is 8.97. The number of aryl methyl sites for hydroxylation is 1. The quantitative estimate of drug-likeness (QED) is 0.874. The molecule has 0 radical (unpaired) electrons. The highest BCUT2D eigenvalue weighted by Gasteiger charge is 2.48. The van der Waals surface area contributed by atoms with Crippen molar-refractivity contribution >= 4 is 39.2 Å². The number of hydrogen-bond donors (Lipinski definition) is 2. The van der Waals surface area contributed by atoms with E-state index in [1.54, 1.807) is 19.1 Å². The molecule has 3 rings (SSSR count). The lowest BCUT2D eigenvalue weighted by Crippen LogP contribution is -2.20. The van der Waals surface area contributed by atoms with Crippen LogP contribution in [0.1, 0.15) is 12.2 Å². The van der Waals surface area contributed by atoms with Crippen LogP contribution in [0.4, 0.5) is 11.5 Å². The van der Waals surface area contributed by atoms with Crippen LogP contribution in [0.3, 0.4) is 0 Å². The average molecular weight is 364 g/mol. The number of halogens is 1. The first-order chi connectivity index (χ1) is 10.5. The van der Waals surface area contributed by atoms with Gasteiger partial charge in [0.05, 0.1) is 11.8 Å². The van der Waals surface area contributed by atoms with Crippen molar-refractivity contribution in [3.8, 4) is 0 Å². The zero-order chi connectivity index (χ0) is 15.7. The molecule has 2 unspecified atom stereocenters. The van der Waals surface area contributed by atoms with E-state index in [1.807, 2.05) is 18.2 Å². The maximum atomic E-state index is 12.1. The van der Waals surface area contributed by atoms with Crippen molar-refractivity contribution in [2.75, 3.05) is 10.6 Å². The Morgan fingerprint density at radius 3 is 2.59 bits per heavy atom. The van der Waals surface area contributed by atoms with Gasteiger partial charge in [0.1, 0.15) is 5.76 Å². The number of anilines is 2. The molecule has 1 aliphatic rings. The third-order valence-electron chi connectivity index (χ3n) is 3.44. The molecule has 2 amide bonds. The minimum Gasteiger partial charge on any atom is -0.360 e. The SMILES string of the molecule is Cc1cc(NC(=O)C2CC2C(=O)Nc2cccc(Br)c2)no1. The Balaban J connectivity index is 1.55. The molecule has 114 valence electrons. The first-order valence-electron chi connectivity index (χ1n) is 6.83. The summed E-state index contributed by atoms with van der Waals surface area (Å²) in [5.74, 6) is 0.0315. The van der Waals surface area contributed by atoms with Crippen LogP contribution >= 0.6 is 15.9 Å². The molecule has 22 heavy (non-hydrogen) atoms. The van der Waals surface area contributed by atoms with Gasteiger partial charge in [0, 0.05) is 16.2 Å². The van der Waals surface area contributed by atoms with Crippen molar-refractivity contribution in [2.45, 2.75) is 13.3 Å². The summed E-state index contributed by atoms with van der Waals surface area (Å²) in [7, 11) is 0. The lowest BCUT2D eigenvalue weighted by atomic mass is 10.2. The molecule has 0 saturated heterocycles. The Morgan fingerprint density at radius 2 is 1.95 bits per heavy atom. The summed E-state index contributed by atoms with van der Waals surface area (Å²) in [5, 5.41) is 9.17. The molecule has 1 aromatic heterocycles. The van der Waals surface area contributed by atoms with Crippen molar-refractivity contribution in [1.29, 1.82) is 0 Å². The molecule has 6 nitrogen and oxygen atoms in total. The van der Waals surface area contributed by atoms with Gasteiger partial charge in [0.2, 0.25) is 11.8 Å². The van der Waals surface area contributed by atoms with E-state index < -0.39 is 0 Å². The summed E-state index contributed by atoms with van der Waals surface area (Å²) in [6.45, 7) is 1.74. The predicted molar refractivity (Wildman–Crippen MR) is 84.2 cm³/mol. The number of nitrogens with zero attached hydrogens (tertiary/aromatic N) is 1. The highest BCUT2D eigenvalue weighted by atomic mass is 79.9. The van der Waals surface area contributed by atoms with Crippen LogP contribution in [-0.4, -0.2) is 17.0 Å². The number of amides is 2. The lowest BCUT2D eigenvalue weighted by molar-refractivity contribution is -0.122. The van der Waals surface area contributed by atoms with Crippen LogP contribution in [0.15, 0.2) is 39.3 Å². The smallest absolute Gasteiger partial charge is 0.229 e. The predicted octanol–water partition coefficient (Wildman–Crippen LogP) is 2.96. The summed E-state index contributed by atoms with van der Waals surface area (Å²) >= 11 is 3.35. The minimum absolute atomic E-state index is 0.144. The Labute approximate surface area is 135 Å². The fourth-order valence-corrected chi connectivity index (χ4v) is 2.62. The van der Waals surface area contributed by atoms with Crippen molar-refractivity contribution in [2.24, 2.45) is 11.8 Å². The Hall–Kier alpha value is -2.15. The van der Waals surface area contributed by atoms with Crippen LogP contribution in [0.25, 0.3) is 0 Å². The highest BCUT2D eigenvalue weighted by molar-refractivity contribution is 9.10. The van der Waals surface area contributed by atoms with Gasteiger partial charge in [-0.3, -0.25) is 9.59 Å². The van der Waals surface area contributed by atoms with E-state index in [1.165, 1.54) is 0 Å². The van der Waals surface area contributed by atoms with Gasteiger partial charge in [-0.1, -0.05) is 27.2 Å². The number of aromatic nitrogens is 1. The Bertz CT molecular complexity index is 728. The van der Waals surface area contributed by atoms with Crippen LogP contribution in [0.5, 0.6) is 0 Å². The number of hydrogen-bond acceptors (Lipinski definition) is 4. The summed E-state index contributed by atoms with van der Waals surface area (Å²) < 4.78 is 5.77. The third-order valence-corrected chi connectivity index (χ3v) is 3.93. The molecule has 1 saturated carbocycles. The summed E-state index contributed by atoms with van der Waals surface area (Å²) in [5.41, 5.74) is 0.706. The van der Waals surface area contributed by atoms with E-state index in [4.69, 9.17) is 4.52 Å². The van der Waals surface area contributed by atoms with Crippen molar-refractivity contribution < 1.29 is 14.1 Å². The van der Waals surface area contributed by atoms with Crippen LogP contribution in [0, 0.1) is 18.8 Å². The summed E-state index contributed by atoms with van der Waals surface area (Å²) in [6.07, 6.45) is 0.544. The maximum Gasteiger partial charge on any atom is 0.229 e. The van der Waals surface area contributed by atoms with Gasteiger partial charge < -0.3 is 15.2 Å². The van der Waals surface area contributed by atoms with Crippen molar-refractivity contribution in [3.05, 3.63) is 40.6 Å². The van der Waals surface area contributed by atoms with Gasteiger partial charge in [-0.05, 0) is 31.5 Å². The van der Waals surface area contributed by atoms with Gasteiger partial charge in [0.25, 0.3) is 0 Å². The molecular weight excluding hydrogens is 350 g/mol. The van der Waals surface area contributed by atoms with Gasteiger partial charge >= 0.3 is 0 Å². The van der Waals surface area contributed by atoms with Crippen LogP contribution in [0.2, 0.25) is 0 Å². The Morgan fingerprint density at radius 1 is 1.23 bits per heavy atom. The molecule has 0 spiro atoms. The van der Waals surface area contributed by atoms with Crippen molar-refractivity contribution in [1.82, 2.24) is 5.16 Å². The fourth-order valence-electron chi connectivity index (χ4n) is 2.22. The second-order valence-corrected chi connectivity index (χ2v) is 6.18. The zero-order valence-electron chi connectivity index (χ0n) is 11.8. The van der Waals surface area contributed by atoms with E-state index in [0.717, 1.165) is 4.47 Å². The van der Waals surface area contributed by atoms with Crippen molar-refractivity contribution in [3.63, 3.8) is 0 Å². The second-order valence-electron chi connectivity index (χ2n) is 5.26. The van der Waals surface area contributed by atoms with Gasteiger partial charge in [-0.15, -0.1) is 0 Å². The molecule has 2 atom stereocenters. The molecule has 1 fully saturated rings. The molecule has 1 aromatic carbocycles. The van der Waals surface area contributed by atoms with E-state index in [9.17, 15) is 9.59 Å². The lowest BCUT2D eigenvalue weighted by Gasteiger charge is -2.05. The molecule has 1 heterocycles. The number of benzene rings is 1. The van der Waals surface area contributed by atoms with Gasteiger partial charge in [-0.2, -0.15) is 0 Å². The molecule has 0 aliphatic heterocycles. The Kier molecular flexibility index (Phi) is 3.98. The fraction of sp³-hybridized carbons (Fsp3) is 0.267. The maximum absolute atomic E-state index is 12.1. The first kappa shape index (κ1) is 14.8. The molecule has 2 N–H and O–H groups in total. The summed E-state index contributed by atoms with van der Waals surface area (Å²) in [4.78, 5) is 24.1. The number of carbonyl (C=O) groups excluding carboxylic acids is 2. The molecule has 0 bridgehead atoms. The third kappa shape index (κ3) is 3.36. The standard InChI is InChI=1S/C15H14BrN3O3/c1-8-5-13(19-22-8)18-15(21)12-7-11(12)14(20)17-10-4-2-3-9(16)6-10/h2-6,11-12H,7H2,1H3,(H,17,20)(H,18,19,21). The first-order valence-corrected chi connectivity index (χ1v) is 7.63. The van der Waals surface area contributed by atoms with E-state index in [0.29, 0.717) is 23.7 Å². The number of nitrogens with one attached hydrogen (secondary N) is 2. The monoisotopic (exact) mass is 363 g/mol. The van der Waals surface area contributed by atoms with Crippen LogP contribution < -0.4 is 10.6 Å². The van der Waals surface area contributed by atoms with Crippen LogP contribution in [-0.2, 0) is 9.59 Å². The van der Waals surface area contributed by atoms with E-state index in [2.05, 4.69) is 31.7 Å². The normalized spacial score (nSPS) is 19.5. The zero-order valence-corrected chi connectivity index (χ0v) is 13.4. The second kappa shape index (κ2) is 5.92. The topological polar surface area (TPSA) is 84.2 Å². The number of carbonyl (C=O) groups is 2. The van der Waals surface area contributed by atoms with E-state index >= 15 is 0 Å². The highest BCUT2D eigenvalue weighted by Crippen LogP contribution is 2.40.